The second-order valence-electron chi connectivity index (χ2n) is 2.97. The molecule has 4 nitrogen and oxygen atoms in total. The monoisotopic (exact) mass is 285 g/mol. The van der Waals surface area contributed by atoms with E-state index in [9.17, 15) is 9.90 Å². The molecule has 1 aliphatic carbocycles. The molecule has 0 aliphatic heterocycles. The largest absolute Gasteiger partial charge is 0.416 e. The maximum atomic E-state index is 10.8. The van der Waals surface area contributed by atoms with Gasteiger partial charge in [-0.15, -0.1) is 0 Å². The van der Waals surface area contributed by atoms with E-state index in [4.69, 9.17) is 0 Å². The summed E-state index contributed by atoms with van der Waals surface area (Å²) in [6.07, 6.45) is 2.83. The Morgan fingerprint density at radius 2 is 2.17 bits per heavy atom. The van der Waals surface area contributed by atoms with E-state index < -0.39 is 12.2 Å². The molecule has 0 spiro atoms. The number of carbonyl (C=O) groups is 1. The van der Waals surface area contributed by atoms with E-state index in [0.29, 0.717) is 0 Å². The SMILES string of the molecule is O=C(NC1CCCC[C@H]1O)OI. The third-order valence-corrected chi connectivity index (χ3v) is 2.50. The van der Waals surface area contributed by atoms with Gasteiger partial charge in [0.15, 0.2) is 23.0 Å². The van der Waals surface area contributed by atoms with E-state index >= 15 is 0 Å². The minimum atomic E-state index is -0.471. The summed E-state index contributed by atoms with van der Waals surface area (Å²) in [5, 5.41) is 12.0. The van der Waals surface area contributed by atoms with Crippen LogP contribution in [0.1, 0.15) is 25.7 Å². The smallest absolute Gasteiger partial charge is 0.391 e. The first-order valence-electron chi connectivity index (χ1n) is 4.01. The lowest BCUT2D eigenvalue weighted by molar-refractivity contribution is 0.0910. The average molecular weight is 285 g/mol. The molecule has 0 heterocycles. The van der Waals surface area contributed by atoms with Crippen LogP contribution in [0.2, 0.25) is 0 Å². The third kappa shape index (κ3) is 2.78. The summed E-state index contributed by atoms with van der Waals surface area (Å²) in [5.74, 6) is 0. The van der Waals surface area contributed by atoms with Crippen molar-refractivity contribution < 1.29 is 13.0 Å². The summed E-state index contributed by atoms with van der Waals surface area (Å²) in [6, 6.07) is -0.124. The zero-order chi connectivity index (χ0) is 8.97. The second-order valence-corrected chi connectivity index (χ2v) is 3.41. The van der Waals surface area contributed by atoms with Crippen molar-refractivity contribution in [3.8, 4) is 0 Å². The van der Waals surface area contributed by atoms with Crippen molar-refractivity contribution >= 4 is 29.1 Å². The van der Waals surface area contributed by atoms with Crippen LogP contribution in [-0.2, 0) is 3.07 Å². The third-order valence-electron chi connectivity index (χ3n) is 2.10. The van der Waals surface area contributed by atoms with Crippen molar-refractivity contribution in [2.75, 3.05) is 0 Å². The number of aliphatic hydroxyl groups is 1. The van der Waals surface area contributed by atoms with Crippen LogP contribution in [0.4, 0.5) is 4.79 Å². The molecule has 1 fully saturated rings. The van der Waals surface area contributed by atoms with Crippen LogP contribution < -0.4 is 5.32 Å². The van der Waals surface area contributed by atoms with Crippen LogP contribution >= 0.6 is 23.0 Å². The Balaban J connectivity index is 2.33. The zero-order valence-corrected chi connectivity index (χ0v) is 8.78. The van der Waals surface area contributed by atoms with Crippen molar-refractivity contribution in [1.29, 1.82) is 0 Å². The predicted octanol–water partition coefficient (Wildman–Crippen LogP) is 1.37. The number of nitrogens with one attached hydrogen (secondary N) is 1. The van der Waals surface area contributed by atoms with Gasteiger partial charge in [0.25, 0.3) is 0 Å². The standard InChI is InChI=1S/C7H12INO3/c8-12-7(11)9-5-3-1-2-4-6(5)10/h5-6,10H,1-4H2,(H,9,11)/t5?,6-/m1/s1. The summed E-state index contributed by atoms with van der Waals surface area (Å²) >= 11 is 1.52. The van der Waals surface area contributed by atoms with Crippen LogP contribution in [0.15, 0.2) is 0 Å². The fourth-order valence-electron chi connectivity index (χ4n) is 1.45. The highest BCUT2D eigenvalue weighted by Crippen LogP contribution is 2.18. The van der Waals surface area contributed by atoms with Gasteiger partial charge in [-0.05, 0) is 12.8 Å². The quantitative estimate of drug-likeness (QED) is 0.715. The lowest BCUT2D eigenvalue weighted by Gasteiger charge is -2.27. The van der Waals surface area contributed by atoms with Gasteiger partial charge in [-0.3, -0.25) is 0 Å². The Morgan fingerprint density at radius 1 is 1.50 bits per heavy atom. The summed E-state index contributed by atoms with van der Waals surface area (Å²) in [6.45, 7) is 0. The number of halogens is 1. The van der Waals surface area contributed by atoms with Gasteiger partial charge in [0.2, 0.25) is 0 Å². The number of carbonyl (C=O) groups excluding carboxylic acids is 1. The molecule has 70 valence electrons. The molecule has 2 N–H and O–H groups in total. The minimum absolute atomic E-state index is 0.124. The Labute approximate surface area is 85.4 Å². The number of amides is 1. The molecular weight excluding hydrogens is 273 g/mol. The van der Waals surface area contributed by atoms with Crippen molar-refractivity contribution in [3.05, 3.63) is 0 Å². The fraction of sp³-hybridized carbons (Fsp3) is 0.857. The fourth-order valence-corrected chi connectivity index (χ4v) is 1.58. The summed E-state index contributed by atoms with van der Waals surface area (Å²) in [5.41, 5.74) is 0. The lowest BCUT2D eigenvalue weighted by Crippen LogP contribution is -2.44. The Morgan fingerprint density at radius 3 is 2.75 bits per heavy atom. The molecular formula is C7H12INO3. The molecule has 1 aliphatic rings. The van der Waals surface area contributed by atoms with E-state index in [1.807, 2.05) is 0 Å². The van der Waals surface area contributed by atoms with Crippen molar-refractivity contribution in [3.63, 3.8) is 0 Å². The number of hydrogen-bond donors (Lipinski definition) is 2. The van der Waals surface area contributed by atoms with Crippen molar-refractivity contribution in [2.24, 2.45) is 0 Å². The van der Waals surface area contributed by atoms with Crippen LogP contribution in [-0.4, -0.2) is 23.3 Å². The van der Waals surface area contributed by atoms with E-state index in [1.165, 1.54) is 23.0 Å². The van der Waals surface area contributed by atoms with E-state index in [0.717, 1.165) is 25.7 Å². The Bertz CT molecular complexity index is 165. The average Bonchev–Trinajstić information content (AvgIpc) is 2.09. The van der Waals surface area contributed by atoms with Gasteiger partial charge in [-0.25, -0.2) is 4.79 Å². The van der Waals surface area contributed by atoms with Crippen LogP contribution in [0.3, 0.4) is 0 Å². The highest BCUT2D eigenvalue weighted by molar-refractivity contribution is 14.1. The van der Waals surface area contributed by atoms with Crippen LogP contribution in [0.5, 0.6) is 0 Å². The van der Waals surface area contributed by atoms with Gasteiger partial charge >= 0.3 is 6.09 Å². The first-order chi connectivity index (χ1) is 5.74. The van der Waals surface area contributed by atoms with Crippen molar-refractivity contribution in [2.45, 2.75) is 37.8 Å². The molecule has 1 unspecified atom stereocenters. The highest BCUT2D eigenvalue weighted by atomic mass is 127. The van der Waals surface area contributed by atoms with Crippen molar-refractivity contribution in [1.82, 2.24) is 5.32 Å². The van der Waals surface area contributed by atoms with Crippen LogP contribution in [0.25, 0.3) is 0 Å². The molecule has 5 heteroatoms. The molecule has 0 radical (unpaired) electrons. The van der Waals surface area contributed by atoms with E-state index in [1.54, 1.807) is 0 Å². The second kappa shape index (κ2) is 4.86. The summed E-state index contributed by atoms with van der Waals surface area (Å²) in [4.78, 5) is 10.8. The maximum Gasteiger partial charge on any atom is 0.416 e. The van der Waals surface area contributed by atoms with Gasteiger partial charge in [0.05, 0.1) is 12.1 Å². The van der Waals surface area contributed by atoms with Gasteiger partial charge in [-0.2, -0.15) is 0 Å². The molecule has 0 aromatic rings. The molecule has 1 amide bonds. The number of aliphatic hydroxyl groups excluding tert-OH is 1. The Hall–Kier alpha value is -0.0400. The van der Waals surface area contributed by atoms with E-state index in [-0.39, 0.29) is 6.04 Å². The molecule has 2 atom stereocenters. The predicted molar refractivity (Wildman–Crippen MR) is 51.9 cm³/mol. The summed E-state index contributed by atoms with van der Waals surface area (Å²) < 4.78 is 4.41. The normalized spacial score (nSPS) is 29.5. The van der Waals surface area contributed by atoms with Gasteiger partial charge in [0.1, 0.15) is 0 Å². The topological polar surface area (TPSA) is 58.6 Å². The molecule has 0 bridgehead atoms. The first kappa shape index (κ1) is 10.0. The summed E-state index contributed by atoms with van der Waals surface area (Å²) in [7, 11) is 0. The molecule has 12 heavy (non-hydrogen) atoms. The van der Waals surface area contributed by atoms with E-state index in [2.05, 4.69) is 8.38 Å². The van der Waals surface area contributed by atoms with Gasteiger partial charge in [0, 0.05) is 0 Å². The van der Waals surface area contributed by atoms with Gasteiger partial charge in [-0.1, -0.05) is 12.8 Å². The number of hydrogen-bond acceptors (Lipinski definition) is 3. The lowest BCUT2D eigenvalue weighted by atomic mass is 9.93. The number of rotatable bonds is 1. The zero-order valence-electron chi connectivity index (χ0n) is 6.62. The molecule has 1 saturated carbocycles. The van der Waals surface area contributed by atoms with Crippen LogP contribution in [0, 0.1) is 0 Å². The maximum absolute atomic E-state index is 10.8. The Kier molecular flexibility index (Phi) is 4.07. The minimum Gasteiger partial charge on any atom is -0.391 e. The molecule has 0 aromatic heterocycles. The molecule has 0 aromatic carbocycles. The molecule has 0 saturated heterocycles. The van der Waals surface area contributed by atoms with Gasteiger partial charge < -0.3 is 13.5 Å². The highest BCUT2D eigenvalue weighted by Gasteiger charge is 2.24. The first-order valence-corrected chi connectivity index (χ1v) is 4.89. The molecule has 1 rings (SSSR count).